The predicted octanol–water partition coefficient (Wildman–Crippen LogP) is 1.67. The quantitative estimate of drug-likeness (QED) is 0.836. The Hall–Kier alpha value is -0.940. The Labute approximate surface area is 82.5 Å². The zero-order valence-corrected chi connectivity index (χ0v) is 8.08. The number of benzene rings is 1. The van der Waals surface area contributed by atoms with Gasteiger partial charge in [-0.25, -0.2) is 4.39 Å². The van der Waals surface area contributed by atoms with Crippen molar-refractivity contribution >= 4 is 21.9 Å². The minimum absolute atomic E-state index is 0.0260. The van der Waals surface area contributed by atoms with Gasteiger partial charge in [0, 0.05) is 5.56 Å². The fraction of sp³-hybridized carbons (Fsp3) is 0.125. The van der Waals surface area contributed by atoms with Crippen molar-refractivity contribution in [2.45, 2.75) is 6.04 Å². The lowest BCUT2D eigenvalue weighted by molar-refractivity contribution is -0.138. The maximum absolute atomic E-state index is 13.2. The van der Waals surface area contributed by atoms with Gasteiger partial charge in [0.1, 0.15) is 11.9 Å². The van der Waals surface area contributed by atoms with Crippen LogP contribution in [0.25, 0.3) is 0 Å². The van der Waals surface area contributed by atoms with Gasteiger partial charge in [0.25, 0.3) is 0 Å². The average molecular weight is 248 g/mol. The van der Waals surface area contributed by atoms with Gasteiger partial charge < -0.3 is 10.8 Å². The monoisotopic (exact) mass is 247 g/mol. The first-order chi connectivity index (χ1) is 6.04. The highest BCUT2D eigenvalue weighted by atomic mass is 79.9. The Morgan fingerprint density at radius 3 is 2.77 bits per heavy atom. The molecule has 0 aliphatic heterocycles. The lowest BCUT2D eigenvalue weighted by Gasteiger charge is -2.08. The first-order valence-electron chi connectivity index (χ1n) is 3.46. The van der Waals surface area contributed by atoms with E-state index in [0.29, 0.717) is 0 Å². The third-order valence-electron chi connectivity index (χ3n) is 1.58. The number of rotatable bonds is 2. The van der Waals surface area contributed by atoms with Crippen LogP contribution in [0.2, 0.25) is 0 Å². The summed E-state index contributed by atoms with van der Waals surface area (Å²) in [5.41, 5.74) is 5.22. The molecule has 0 aliphatic rings. The first kappa shape index (κ1) is 10.1. The van der Waals surface area contributed by atoms with E-state index in [1.54, 1.807) is 0 Å². The first-order valence-corrected chi connectivity index (χ1v) is 4.25. The Morgan fingerprint density at radius 2 is 2.23 bits per heavy atom. The van der Waals surface area contributed by atoms with Crippen LogP contribution < -0.4 is 5.73 Å². The van der Waals surface area contributed by atoms with Crippen molar-refractivity contribution in [2.75, 3.05) is 0 Å². The molecule has 0 spiro atoms. The maximum atomic E-state index is 13.2. The smallest absolute Gasteiger partial charge is 0.325 e. The molecular formula is C8H7BrFNO2. The van der Waals surface area contributed by atoms with Gasteiger partial charge in [0.15, 0.2) is 0 Å². The van der Waals surface area contributed by atoms with Crippen molar-refractivity contribution in [2.24, 2.45) is 5.73 Å². The summed E-state index contributed by atoms with van der Waals surface area (Å²) < 4.78 is 13.4. The fourth-order valence-electron chi connectivity index (χ4n) is 0.894. The second-order valence-corrected chi connectivity index (χ2v) is 3.31. The van der Waals surface area contributed by atoms with Gasteiger partial charge in [-0.1, -0.05) is 12.1 Å². The predicted molar refractivity (Wildman–Crippen MR) is 48.7 cm³/mol. The minimum atomic E-state index is -1.32. The van der Waals surface area contributed by atoms with E-state index >= 15 is 0 Å². The van der Waals surface area contributed by atoms with Crippen molar-refractivity contribution in [3.63, 3.8) is 0 Å². The number of hydrogen-bond donors (Lipinski definition) is 2. The molecule has 3 N–H and O–H groups in total. The van der Waals surface area contributed by atoms with Gasteiger partial charge in [-0.15, -0.1) is 0 Å². The number of halogens is 2. The topological polar surface area (TPSA) is 63.3 Å². The second-order valence-electron chi connectivity index (χ2n) is 2.46. The van der Waals surface area contributed by atoms with Gasteiger partial charge in [0.05, 0.1) is 4.47 Å². The summed E-state index contributed by atoms with van der Waals surface area (Å²) >= 11 is 2.94. The highest BCUT2D eigenvalue weighted by Crippen LogP contribution is 2.22. The van der Waals surface area contributed by atoms with Crippen LogP contribution in [0.1, 0.15) is 11.6 Å². The van der Waals surface area contributed by atoms with Crippen LogP contribution >= 0.6 is 15.9 Å². The summed E-state index contributed by atoms with van der Waals surface area (Å²) in [5, 5.41) is 8.54. The van der Waals surface area contributed by atoms with E-state index in [9.17, 15) is 9.18 Å². The molecule has 0 radical (unpaired) electrons. The summed E-state index contributed by atoms with van der Waals surface area (Å²) in [4.78, 5) is 10.5. The molecule has 1 rings (SSSR count). The molecule has 3 nitrogen and oxygen atoms in total. The number of carboxylic acid groups (broad SMARTS) is 1. The molecule has 5 heteroatoms. The molecule has 0 saturated carbocycles. The van der Waals surface area contributed by atoms with Crippen molar-refractivity contribution in [1.82, 2.24) is 0 Å². The summed E-state index contributed by atoms with van der Waals surface area (Å²) in [6, 6.07) is 3.04. The van der Waals surface area contributed by atoms with E-state index in [1.165, 1.54) is 18.2 Å². The van der Waals surface area contributed by atoms with Crippen LogP contribution in [0.5, 0.6) is 0 Å². The largest absolute Gasteiger partial charge is 0.480 e. The summed E-state index contributed by atoms with van der Waals surface area (Å²) in [6.07, 6.45) is 0. The molecule has 0 heterocycles. The van der Waals surface area contributed by atoms with E-state index in [1.807, 2.05) is 0 Å². The molecule has 0 bridgehead atoms. The normalized spacial score (nSPS) is 12.5. The lowest BCUT2D eigenvalue weighted by atomic mass is 10.1. The maximum Gasteiger partial charge on any atom is 0.325 e. The highest BCUT2D eigenvalue weighted by molar-refractivity contribution is 9.10. The highest BCUT2D eigenvalue weighted by Gasteiger charge is 2.19. The van der Waals surface area contributed by atoms with Crippen LogP contribution in [0.3, 0.4) is 0 Å². The number of aliphatic carboxylic acids is 1. The third-order valence-corrected chi connectivity index (χ3v) is 2.20. The zero-order valence-electron chi connectivity index (χ0n) is 6.50. The van der Waals surface area contributed by atoms with E-state index in [4.69, 9.17) is 10.8 Å². The van der Waals surface area contributed by atoms with E-state index in [0.717, 1.165) is 0 Å². The number of carbonyl (C=O) groups is 1. The number of hydrogen-bond acceptors (Lipinski definition) is 2. The SMILES string of the molecule is NC(C(=O)O)c1cccc(Br)c1F. The van der Waals surface area contributed by atoms with Crippen LogP contribution in [0.15, 0.2) is 22.7 Å². The fourth-order valence-corrected chi connectivity index (χ4v) is 1.28. The lowest BCUT2D eigenvalue weighted by Crippen LogP contribution is -2.21. The molecule has 0 saturated heterocycles. The summed E-state index contributed by atoms with van der Waals surface area (Å²) in [7, 11) is 0. The molecule has 0 aliphatic carbocycles. The van der Waals surface area contributed by atoms with E-state index in [-0.39, 0.29) is 10.0 Å². The Balaban J connectivity index is 3.15. The van der Waals surface area contributed by atoms with Crippen molar-refractivity contribution in [3.8, 4) is 0 Å². The standard InChI is InChI=1S/C8H7BrFNO2/c9-5-3-1-2-4(6(5)10)7(11)8(12)13/h1-3,7H,11H2,(H,12,13). The summed E-state index contributed by atoms with van der Waals surface area (Å²) in [5.74, 6) is -1.88. The number of nitrogens with two attached hydrogens (primary N) is 1. The zero-order chi connectivity index (χ0) is 10.0. The molecule has 1 atom stereocenters. The van der Waals surface area contributed by atoms with E-state index < -0.39 is 17.8 Å². The minimum Gasteiger partial charge on any atom is -0.480 e. The molecule has 1 aromatic carbocycles. The molecule has 13 heavy (non-hydrogen) atoms. The van der Waals surface area contributed by atoms with Crippen molar-refractivity contribution < 1.29 is 14.3 Å². The van der Waals surface area contributed by atoms with Gasteiger partial charge in [-0.2, -0.15) is 0 Å². The molecule has 1 unspecified atom stereocenters. The number of carboxylic acids is 1. The van der Waals surface area contributed by atoms with Crippen LogP contribution in [0, 0.1) is 5.82 Å². The summed E-state index contributed by atoms with van der Waals surface area (Å²) in [6.45, 7) is 0. The Morgan fingerprint density at radius 1 is 1.62 bits per heavy atom. The Kier molecular flexibility index (Phi) is 3.00. The van der Waals surface area contributed by atoms with Gasteiger partial charge in [-0.3, -0.25) is 4.79 Å². The van der Waals surface area contributed by atoms with Gasteiger partial charge in [-0.05, 0) is 22.0 Å². The molecule has 1 aromatic rings. The molecule has 0 amide bonds. The molecule has 0 fully saturated rings. The third kappa shape index (κ3) is 2.05. The van der Waals surface area contributed by atoms with Crippen LogP contribution in [-0.4, -0.2) is 11.1 Å². The molecule has 70 valence electrons. The van der Waals surface area contributed by atoms with Crippen LogP contribution in [0.4, 0.5) is 4.39 Å². The van der Waals surface area contributed by atoms with Crippen molar-refractivity contribution in [3.05, 3.63) is 34.1 Å². The van der Waals surface area contributed by atoms with Gasteiger partial charge in [0.2, 0.25) is 0 Å². The van der Waals surface area contributed by atoms with Crippen molar-refractivity contribution in [1.29, 1.82) is 0 Å². The van der Waals surface area contributed by atoms with Gasteiger partial charge >= 0.3 is 5.97 Å². The van der Waals surface area contributed by atoms with E-state index in [2.05, 4.69) is 15.9 Å². The van der Waals surface area contributed by atoms with Crippen LogP contribution in [-0.2, 0) is 4.79 Å². The average Bonchev–Trinajstić information content (AvgIpc) is 2.08. The Bertz CT molecular complexity index is 343. The second kappa shape index (κ2) is 3.85. The molecule has 0 aromatic heterocycles. The molecular weight excluding hydrogens is 241 g/mol.